The molecule has 1 rings (SSSR count). The van der Waals surface area contributed by atoms with Crippen molar-refractivity contribution in [1.82, 2.24) is 10.6 Å². The zero-order chi connectivity index (χ0) is 23.4. The minimum atomic E-state index is -1.04. The molecule has 2 amide bonds. The van der Waals surface area contributed by atoms with Crippen LogP contribution in [0.15, 0.2) is 67.3 Å². The van der Waals surface area contributed by atoms with Crippen molar-refractivity contribution in [2.24, 2.45) is 5.92 Å². The Morgan fingerprint density at radius 2 is 1.77 bits per heavy atom. The van der Waals surface area contributed by atoms with E-state index in [4.69, 9.17) is 9.84 Å². The van der Waals surface area contributed by atoms with Crippen LogP contribution in [0.1, 0.15) is 33.3 Å². The monoisotopic (exact) mass is 418 g/mol. The highest BCUT2D eigenvalue weighted by Crippen LogP contribution is 2.03. The van der Waals surface area contributed by atoms with Crippen LogP contribution in [0, 0.1) is 5.92 Å². The third-order valence-corrected chi connectivity index (χ3v) is 3.60. The summed E-state index contributed by atoms with van der Waals surface area (Å²) in [6, 6.07) is 9.77. The molecule has 0 fully saturated rings. The average Bonchev–Trinajstić information content (AvgIpc) is 2.72. The first-order valence-electron chi connectivity index (χ1n) is 9.45. The van der Waals surface area contributed by atoms with Gasteiger partial charge in [-0.2, -0.15) is 0 Å². The Morgan fingerprint density at radius 1 is 1.17 bits per heavy atom. The lowest BCUT2D eigenvalue weighted by atomic mass is 10.1. The third kappa shape index (κ3) is 19.4. The van der Waals surface area contributed by atoms with Crippen LogP contribution in [-0.4, -0.2) is 36.2 Å². The van der Waals surface area contributed by atoms with E-state index in [0.717, 1.165) is 11.1 Å². The van der Waals surface area contributed by atoms with Crippen LogP contribution in [0.2, 0.25) is 0 Å². The fraction of sp³-hybridized carbons (Fsp3) is 0.348. The Bertz CT molecular complexity index is 669. The summed E-state index contributed by atoms with van der Waals surface area (Å²) < 4.78 is 5.10. The second kappa shape index (κ2) is 19.0. The molecule has 1 unspecified atom stereocenters. The Balaban J connectivity index is 0. The first-order valence-corrected chi connectivity index (χ1v) is 9.45. The van der Waals surface area contributed by atoms with Crippen LogP contribution in [0.3, 0.4) is 0 Å². The number of alkyl carbamates (subject to hydrolysis) is 1. The fourth-order valence-electron chi connectivity index (χ4n) is 1.50. The minimum Gasteiger partial charge on any atom is -0.480 e. The number of benzene rings is 1. The van der Waals surface area contributed by atoms with Gasteiger partial charge in [-0.3, -0.25) is 9.59 Å². The standard InChI is InChI=1S/C13H19NO2.C7H10.C3H5NO3/c1-10(2)11(3)14-13(15)16-9-12-7-5-4-6-8-12;1-4-6-7(3)5-2;5-2-4-1-3(6)7/h4-8,10-11H,9H2,1-3H3,(H,14,15);4-6H,1-2H2,3H3;2H,1H2,(H,4,5)(H,6,7)/b;7-6-;. The SMILES string of the molecule is C=C/C=C(/C)C=C.CC(C)C(C)NC(=O)OCc1ccccc1.O=CNCC(=O)O. The van der Waals surface area contributed by atoms with Crippen molar-refractivity contribution in [1.29, 1.82) is 0 Å². The third-order valence-electron chi connectivity index (χ3n) is 3.60. The molecule has 1 aromatic rings. The van der Waals surface area contributed by atoms with Gasteiger partial charge in [0.15, 0.2) is 0 Å². The van der Waals surface area contributed by atoms with Crippen LogP contribution < -0.4 is 10.6 Å². The summed E-state index contributed by atoms with van der Waals surface area (Å²) in [5, 5.41) is 12.6. The van der Waals surface area contributed by atoms with Gasteiger partial charge < -0.3 is 20.5 Å². The number of aliphatic carboxylic acids is 1. The first-order chi connectivity index (χ1) is 14.2. The molecule has 7 nitrogen and oxygen atoms in total. The second-order valence-corrected chi connectivity index (χ2v) is 6.48. The number of carbonyl (C=O) groups excluding carboxylic acids is 2. The molecule has 0 heterocycles. The van der Waals surface area contributed by atoms with Gasteiger partial charge in [0.05, 0.1) is 0 Å². The van der Waals surface area contributed by atoms with Crippen LogP contribution in [-0.2, 0) is 20.9 Å². The average molecular weight is 419 g/mol. The quantitative estimate of drug-likeness (QED) is 0.414. The molecule has 0 bridgehead atoms. The predicted octanol–water partition coefficient (Wildman–Crippen LogP) is 4.08. The lowest BCUT2D eigenvalue weighted by Gasteiger charge is -2.17. The van der Waals surface area contributed by atoms with Crippen LogP contribution in [0.5, 0.6) is 0 Å². The topological polar surface area (TPSA) is 105 Å². The van der Waals surface area contributed by atoms with Crippen molar-refractivity contribution in [2.75, 3.05) is 6.54 Å². The number of hydrogen-bond donors (Lipinski definition) is 3. The van der Waals surface area contributed by atoms with E-state index in [1.807, 2.05) is 55.6 Å². The predicted molar refractivity (Wildman–Crippen MR) is 120 cm³/mol. The van der Waals surface area contributed by atoms with Crippen molar-refractivity contribution in [2.45, 2.75) is 40.3 Å². The van der Waals surface area contributed by atoms with Crippen LogP contribution >= 0.6 is 0 Å². The molecule has 1 aromatic carbocycles. The molecule has 3 N–H and O–H groups in total. The summed E-state index contributed by atoms with van der Waals surface area (Å²) in [5.74, 6) is -0.628. The zero-order valence-corrected chi connectivity index (χ0v) is 18.3. The van der Waals surface area contributed by atoms with E-state index < -0.39 is 5.97 Å². The molecule has 0 aliphatic rings. The number of nitrogens with one attached hydrogen (secondary N) is 2. The number of carboxylic acids is 1. The number of ether oxygens (including phenoxy) is 1. The molecule has 0 saturated heterocycles. The summed E-state index contributed by atoms with van der Waals surface area (Å²) in [5.41, 5.74) is 2.14. The number of carbonyl (C=O) groups is 3. The van der Waals surface area contributed by atoms with Crippen molar-refractivity contribution in [3.05, 3.63) is 72.9 Å². The number of amides is 2. The molecule has 0 spiro atoms. The van der Waals surface area contributed by atoms with Gasteiger partial charge in [0, 0.05) is 6.04 Å². The van der Waals surface area contributed by atoms with E-state index in [-0.39, 0.29) is 18.7 Å². The lowest BCUT2D eigenvalue weighted by molar-refractivity contribution is -0.136. The highest BCUT2D eigenvalue weighted by atomic mass is 16.5. The number of carboxylic acid groups (broad SMARTS) is 1. The van der Waals surface area contributed by atoms with Crippen molar-refractivity contribution < 1.29 is 24.2 Å². The molecular formula is C23H34N2O5. The molecular weight excluding hydrogens is 384 g/mol. The fourth-order valence-corrected chi connectivity index (χ4v) is 1.50. The van der Waals surface area contributed by atoms with Crippen LogP contribution in [0.4, 0.5) is 4.79 Å². The van der Waals surface area contributed by atoms with Gasteiger partial charge in [-0.25, -0.2) is 4.79 Å². The molecule has 0 aliphatic carbocycles. The van der Waals surface area contributed by atoms with Gasteiger partial charge in [0.2, 0.25) is 6.41 Å². The molecule has 0 saturated carbocycles. The number of hydrogen-bond acceptors (Lipinski definition) is 4. The van der Waals surface area contributed by atoms with Gasteiger partial charge in [0.1, 0.15) is 13.2 Å². The maximum absolute atomic E-state index is 11.4. The molecule has 1 atom stereocenters. The molecule has 166 valence electrons. The minimum absolute atomic E-state index is 0.128. The van der Waals surface area contributed by atoms with Crippen molar-refractivity contribution >= 4 is 18.5 Å². The van der Waals surface area contributed by atoms with Gasteiger partial charge in [0.25, 0.3) is 0 Å². The summed E-state index contributed by atoms with van der Waals surface area (Å²) in [6.07, 6.45) is 5.44. The summed E-state index contributed by atoms with van der Waals surface area (Å²) in [4.78, 5) is 30.3. The highest BCUT2D eigenvalue weighted by Gasteiger charge is 2.11. The summed E-state index contributed by atoms with van der Waals surface area (Å²) in [7, 11) is 0. The van der Waals surface area contributed by atoms with E-state index in [9.17, 15) is 14.4 Å². The molecule has 7 heteroatoms. The largest absolute Gasteiger partial charge is 0.480 e. The number of allylic oxidation sites excluding steroid dienone is 4. The maximum atomic E-state index is 11.4. The Hall–Kier alpha value is -3.35. The first kappa shape index (κ1) is 28.9. The van der Waals surface area contributed by atoms with Gasteiger partial charge in [-0.05, 0) is 25.3 Å². The van der Waals surface area contributed by atoms with Gasteiger partial charge in [-0.1, -0.05) is 81.1 Å². The second-order valence-electron chi connectivity index (χ2n) is 6.48. The Labute approximate surface area is 179 Å². The Morgan fingerprint density at radius 3 is 2.13 bits per heavy atom. The molecule has 0 radical (unpaired) electrons. The van der Waals surface area contributed by atoms with E-state index >= 15 is 0 Å². The lowest BCUT2D eigenvalue weighted by Crippen LogP contribution is -2.36. The molecule has 0 aromatic heterocycles. The van der Waals surface area contributed by atoms with Gasteiger partial charge >= 0.3 is 12.1 Å². The molecule has 30 heavy (non-hydrogen) atoms. The van der Waals surface area contributed by atoms with E-state index in [1.54, 1.807) is 12.2 Å². The molecule has 0 aliphatic heterocycles. The van der Waals surface area contributed by atoms with Crippen molar-refractivity contribution in [3.8, 4) is 0 Å². The zero-order valence-electron chi connectivity index (χ0n) is 18.3. The summed E-state index contributed by atoms with van der Waals surface area (Å²) >= 11 is 0. The maximum Gasteiger partial charge on any atom is 0.407 e. The Kier molecular flexibility index (Phi) is 18.3. The van der Waals surface area contributed by atoms with E-state index in [2.05, 4.69) is 32.3 Å². The normalized spacial score (nSPS) is 10.8. The summed E-state index contributed by atoms with van der Waals surface area (Å²) in [6.45, 7) is 15.2. The van der Waals surface area contributed by atoms with E-state index in [1.165, 1.54) is 0 Å². The smallest absolute Gasteiger partial charge is 0.407 e. The van der Waals surface area contributed by atoms with Crippen molar-refractivity contribution in [3.63, 3.8) is 0 Å². The highest BCUT2D eigenvalue weighted by molar-refractivity contribution is 5.71. The van der Waals surface area contributed by atoms with Gasteiger partial charge in [-0.15, -0.1) is 0 Å². The van der Waals surface area contributed by atoms with E-state index in [0.29, 0.717) is 18.9 Å². The van der Waals surface area contributed by atoms with Crippen LogP contribution in [0.25, 0.3) is 0 Å². The number of rotatable bonds is 9.